The number of rotatable bonds is 18. The monoisotopic (exact) mass is 1450 g/mol. The fourth-order valence-corrected chi connectivity index (χ4v) is 17.1. The zero-order chi connectivity index (χ0) is 64.9. The van der Waals surface area contributed by atoms with Gasteiger partial charge in [0.2, 0.25) is 20.0 Å². The Labute approximate surface area is 566 Å². The molecule has 4 aromatic heterocycles. The number of nitrogens with one attached hydrogen (secondary N) is 2. The van der Waals surface area contributed by atoms with Gasteiger partial charge in [0.05, 0.1) is 89.7 Å². The van der Waals surface area contributed by atoms with Gasteiger partial charge in [0, 0.05) is 45.2 Å². The van der Waals surface area contributed by atoms with Gasteiger partial charge in [-0.3, -0.25) is 9.59 Å². The van der Waals surface area contributed by atoms with Gasteiger partial charge < -0.3 is 47.3 Å². The number of aromatic nitrogens is 4. The van der Waals surface area contributed by atoms with Gasteiger partial charge in [-0.15, -0.1) is 11.3 Å². The third-order valence-corrected chi connectivity index (χ3v) is 25.5. The standard InChI is InChI=1S/C31H29Cl2N3O8S2.C19H19Cl2NO5.C12H11ClN2O3S2/c1-31(9-10-31)46(38,39)36-29(37)16-7-8-20-23(11-16)45-30(34-20)43-22-14-42-27-21(13-41-28(22)27)40-12-17-25(35-44-26(17)15-5-6-15)24-18(32)3-2-4-19(24)33;20-11-2-1-3-12(21)15(11)16-10(17(27-22-16)9-4-5-9)6-24-14-8-26-18-13(23)7-25-19(14)18;1-12(4-5-12)20(17,18)15-10(16)7-2-3-8-9(6-7)19-11(13)14-8/h2-4,7-8,11,15,21-22,27-28H,5-6,9-10,12-14H2,1H3,(H,36,37);1-3,9,13-14,18-19,23H,4-8H2;2-3,6H,4-5H2,1H3,(H,15,16)/t21-,22-,27-,28-;13-,14-,18-,19-;/m11./s1. The maximum Gasteiger partial charge on any atom is 0.274 e. The minimum atomic E-state index is -3.74. The molecule has 31 heteroatoms. The molecule has 8 aliphatic rings. The van der Waals surface area contributed by atoms with E-state index in [4.69, 9.17) is 100 Å². The Morgan fingerprint density at radius 2 is 1.00 bits per heavy atom. The molecule has 492 valence electrons. The topological polar surface area (TPSA) is 289 Å². The van der Waals surface area contributed by atoms with Gasteiger partial charge in [0.15, 0.2) is 10.6 Å². The fraction of sp³-hybridized carbons (Fsp3) is 0.452. The van der Waals surface area contributed by atoms with Crippen molar-refractivity contribution in [1.29, 1.82) is 0 Å². The first-order valence-electron chi connectivity index (χ1n) is 30.0. The van der Waals surface area contributed by atoms with E-state index in [9.17, 15) is 31.5 Å². The lowest BCUT2D eigenvalue weighted by Gasteiger charge is -2.17. The first-order valence-corrected chi connectivity index (χ1v) is 36.5. The molecule has 0 bridgehead atoms. The van der Waals surface area contributed by atoms with Crippen molar-refractivity contribution in [1.82, 2.24) is 29.7 Å². The Bertz CT molecular complexity index is 4420. The van der Waals surface area contributed by atoms with Crippen molar-refractivity contribution in [3.8, 4) is 27.7 Å². The van der Waals surface area contributed by atoms with E-state index in [0.717, 1.165) is 53.0 Å². The predicted molar refractivity (Wildman–Crippen MR) is 347 cm³/mol. The summed E-state index contributed by atoms with van der Waals surface area (Å²) in [7, 11) is -7.36. The Hall–Kier alpha value is -5.11. The second-order valence-corrected chi connectivity index (χ2v) is 33.3. The number of aliphatic hydroxyl groups excluding tert-OH is 1. The third kappa shape index (κ3) is 13.3. The highest BCUT2D eigenvalue weighted by molar-refractivity contribution is 7.92. The number of hydrogen-bond donors (Lipinski definition) is 3. The van der Waals surface area contributed by atoms with Gasteiger partial charge in [0.1, 0.15) is 65.6 Å². The molecule has 0 spiro atoms. The first kappa shape index (κ1) is 65.2. The van der Waals surface area contributed by atoms with Crippen LogP contribution in [0.25, 0.3) is 42.9 Å². The lowest BCUT2D eigenvalue weighted by Crippen LogP contribution is -2.38. The van der Waals surface area contributed by atoms with Crippen molar-refractivity contribution in [2.45, 2.75) is 149 Å². The van der Waals surface area contributed by atoms with Crippen molar-refractivity contribution >= 4 is 133 Å². The molecule has 8 aromatic rings. The van der Waals surface area contributed by atoms with Crippen LogP contribution in [0.1, 0.15) is 120 Å². The minimum absolute atomic E-state index is 0.229. The Kier molecular flexibility index (Phi) is 18.0. The van der Waals surface area contributed by atoms with Gasteiger partial charge in [-0.25, -0.2) is 36.2 Å². The molecule has 8 atom stereocenters. The SMILES string of the molecule is CC1(S(=O)(=O)NC(=O)c2ccc3nc(Cl)sc3c2)CC1.CC1(S(=O)(=O)NC(=O)c2ccc3nc(O[C@@H]4CO[C@H]5[C@@H]4OC[C@H]5OCc4c(-c5c(Cl)cccc5Cl)noc4C4CC4)sc3c2)CC1.O[C@@H]1CO[C@H]2[C@@H]1OC[C@H]2OCc1c(-c2c(Cl)cccc2Cl)noc1C1CC1. The summed E-state index contributed by atoms with van der Waals surface area (Å²) < 4.78 is 107. The summed E-state index contributed by atoms with van der Waals surface area (Å²) >= 11 is 34.1. The maximum atomic E-state index is 12.7. The van der Waals surface area contributed by atoms with Gasteiger partial charge in [0.25, 0.3) is 17.0 Å². The molecule has 8 fully saturated rings. The molecule has 4 aromatic carbocycles. The number of ether oxygens (including phenoxy) is 7. The van der Waals surface area contributed by atoms with Crippen molar-refractivity contribution in [2.24, 2.45) is 0 Å². The lowest BCUT2D eigenvalue weighted by atomic mass is 10.0. The molecule has 22 nitrogen and oxygen atoms in total. The number of thiazole rings is 2. The predicted octanol–water partition coefficient (Wildman–Crippen LogP) is 12.0. The molecule has 93 heavy (non-hydrogen) atoms. The van der Waals surface area contributed by atoms with E-state index in [1.807, 2.05) is 0 Å². The van der Waals surface area contributed by atoms with Crippen molar-refractivity contribution < 1.29 is 73.7 Å². The summed E-state index contributed by atoms with van der Waals surface area (Å²) in [5.41, 5.74) is 6.01. The Morgan fingerprint density at radius 1 is 0.581 bits per heavy atom. The number of benzene rings is 4. The third-order valence-electron chi connectivity index (χ3n) is 17.9. The van der Waals surface area contributed by atoms with Gasteiger partial charge >= 0.3 is 0 Å². The second kappa shape index (κ2) is 25.7. The Balaban J connectivity index is 0.000000134. The van der Waals surface area contributed by atoms with E-state index in [-0.39, 0.29) is 67.6 Å². The van der Waals surface area contributed by atoms with Crippen LogP contribution in [0.4, 0.5) is 0 Å². The largest absolute Gasteiger partial charge is 0.461 e. The highest BCUT2D eigenvalue weighted by Crippen LogP contribution is 2.49. The highest BCUT2D eigenvalue weighted by atomic mass is 35.5. The molecule has 4 aliphatic heterocycles. The molecule has 4 saturated carbocycles. The average molecular weight is 1450 g/mol. The van der Waals surface area contributed by atoms with Gasteiger partial charge in [-0.2, -0.15) is 0 Å². The number of fused-ring (bicyclic) bond motifs is 4. The van der Waals surface area contributed by atoms with E-state index < -0.39 is 53.6 Å². The first-order chi connectivity index (χ1) is 44.5. The minimum Gasteiger partial charge on any atom is -0.461 e. The van der Waals surface area contributed by atoms with Crippen LogP contribution in [0.5, 0.6) is 5.19 Å². The van der Waals surface area contributed by atoms with Crippen LogP contribution in [-0.4, -0.2) is 139 Å². The zero-order valence-corrected chi connectivity index (χ0v) is 56.5. The van der Waals surface area contributed by atoms with E-state index in [1.165, 1.54) is 22.7 Å². The second-order valence-electron chi connectivity index (χ2n) is 24.7. The van der Waals surface area contributed by atoms with Crippen molar-refractivity contribution in [3.05, 3.63) is 131 Å². The summed E-state index contributed by atoms with van der Waals surface area (Å²) in [6.45, 7) is 5.06. The molecule has 0 radical (unpaired) electrons. The molecule has 3 N–H and O–H groups in total. The molecule has 16 rings (SSSR count). The van der Waals surface area contributed by atoms with Crippen LogP contribution >= 0.6 is 80.7 Å². The number of aliphatic hydroxyl groups is 1. The summed E-state index contributed by atoms with van der Waals surface area (Å²) in [5, 5.41) is 20.9. The lowest BCUT2D eigenvalue weighted by molar-refractivity contribution is -0.0441. The number of halogens is 5. The summed E-state index contributed by atoms with van der Waals surface area (Å²) in [6.07, 6.45) is 3.55. The number of amides is 2. The number of nitrogens with zero attached hydrogens (tertiary/aromatic N) is 4. The molecular formula is C62H59Cl5N6O16S4. The van der Waals surface area contributed by atoms with Gasteiger partial charge in [-0.05, 0) is 126 Å². The van der Waals surface area contributed by atoms with Crippen LogP contribution in [0.15, 0.2) is 81.8 Å². The van der Waals surface area contributed by atoms with Crippen LogP contribution in [0.3, 0.4) is 0 Å². The van der Waals surface area contributed by atoms with Crippen LogP contribution < -0.4 is 14.2 Å². The highest BCUT2D eigenvalue weighted by Gasteiger charge is 2.53. The van der Waals surface area contributed by atoms with Crippen molar-refractivity contribution in [2.75, 3.05) is 26.4 Å². The molecule has 2 amide bonds. The summed E-state index contributed by atoms with van der Waals surface area (Å²) in [5.74, 6) is 1.01. The number of hydrogen-bond acceptors (Lipinski definition) is 22. The molecule has 0 unspecified atom stereocenters. The number of carbonyl (C=O) groups is 2. The van der Waals surface area contributed by atoms with E-state index >= 15 is 0 Å². The Morgan fingerprint density at radius 3 is 1.47 bits per heavy atom. The fourth-order valence-electron chi connectivity index (χ4n) is 11.5. The molecule has 8 heterocycles. The molecule has 4 aliphatic carbocycles. The normalized spacial score (nSPS) is 24.8. The number of carbonyl (C=O) groups excluding carboxylic acids is 2. The summed E-state index contributed by atoms with van der Waals surface area (Å²) in [6, 6.07) is 20.3. The summed E-state index contributed by atoms with van der Waals surface area (Å²) in [4.78, 5) is 33.4. The zero-order valence-electron chi connectivity index (χ0n) is 49.5. The quantitative estimate of drug-likeness (QED) is 0.0719. The van der Waals surface area contributed by atoms with E-state index in [0.29, 0.717) is 125 Å². The van der Waals surface area contributed by atoms with Crippen LogP contribution in [0, 0.1) is 0 Å². The van der Waals surface area contributed by atoms with Gasteiger partial charge in [-0.1, -0.05) is 91.8 Å². The van der Waals surface area contributed by atoms with Crippen LogP contribution in [-0.2, 0) is 61.7 Å². The smallest absolute Gasteiger partial charge is 0.274 e. The maximum absolute atomic E-state index is 12.7. The van der Waals surface area contributed by atoms with E-state index in [2.05, 4.69) is 29.7 Å². The van der Waals surface area contributed by atoms with E-state index in [1.54, 1.807) is 86.6 Å². The number of sulfonamides is 2. The van der Waals surface area contributed by atoms with Crippen LogP contribution in [0.2, 0.25) is 24.6 Å². The van der Waals surface area contributed by atoms with Crippen molar-refractivity contribution in [3.63, 3.8) is 0 Å². The molecular weight excluding hydrogens is 1390 g/mol. The molecule has 4 saturated heterocycles. The average Bonchev–Trinajstić information content (AvgIpc) is 1.66.